The number of methoxy groups -OCH3 is 1. The van der Waals surface area contributed by atoms with E-state index < -0.39 is 0 Å². The van der Waals surface area contributed by atoms with Crippen LogP contribution < -0.4 is 20.7 Å². The third kappa shape index (κ3) is 5.72. The Balaban J connectivity index is 2.45. The van der Waals surface area contributed by atoms with E-state index in [9.17, 15) is 9.59 Å². The molecule has 6 nitrogen and oxygen atoms in total. The lowest BCUT2D eigenvalue weighted by atomic mass is 10.1. The molecule has 0 saturated heterocycles. The molecule has 0 bridgehead atoms. The molecule has 21 heavy (non-hydrogen) atoms. The Kier molecular flexibility index (Phi) is 6.52. The van der Waals surface area contributed by atoms with Gasteiger partial charge in [0.1, 0.15) is 5.75 Å². The van der Waals surface area contributed by atoms with Crippen LogP contribution in [0.4, 0.5) is 4.79 Å². The summed E-state index contributed by atoms with van der Waals surface area (Å²) in [4.78, 5) is 22.4. The van der Waals surface area contributed by atoms with Crippen molar-refractivity contribution < 1.29 is 14.3 Å². The molecule has 0 aliphatic heterocycles. The highest BCUT2D eigenvalue weighted by molar-refractivity contribution is 5.75. The molecule has 116 valence electrons. The number of urea groups is 1. The molecule has 0 aromatic heterocycles. The maximum atomic E-state index is 11.7. The molecule has 0 heterocycles. The minimum absolute atomic E-state index is 0.112. The van der Waals surface area contributed by atoms with Gasteiger partial charge in [0.05, 0.1) is 13.2 Å². The van der Waals surface area contributed by atoms with Crippen LogP contribution in [0.2, 0.25) is 0 Å². The van der Waals surface area contributed by atoms with Gasteiger partial charge in [0, 0.05) is 20.0 Å². The van der Waals surface area contributed by atoms with Gasteiger partial charge in [0.2, 0.25) is 5.91 Å². The van der Waals surface area contributed by atoms with Crippen LogP contribution >= 0.6 is 0 Å². The van der Waals surface area contributed by atoms with Crippen LogP contribution in [0.3, 0.4) is 0 Å². The summed E-state index contributed by atoms with van der Waals surface area (Å²) in [6.45, 7) is 6.11. The number of amides is 3. The fourth-order valence-electron chi connectivity index (χ4n) is 1.92. The number of carbonyl (C=O) groups excluding carboxylic acids is 2. The van der Waals surface area contributed by atoms with Gasteiger partial charge in [0.25, 0.3) is 0 Å². The van der Waals surface area contributed by atoms with Crippen LogP contribution in [0, 0.1) is 6.92 Å². The van der Waals surface area contributed by atoms with E-state index in [2.05, 4.69) is 16.0 Å². The normalized spacial score (nSPS) is 11.4. The summed E-state index contributed by atoms with van der Waals surface area (Å²) in [6.07, 6.45) is 0. The second-order valence-electron chi connectivity index (χ2n) is 4.83. The van der Waals surface area contributed by atoms with Gasteiger partial charge in [-0.1, -0.05) is 12.1 Å². The molecule has 6 heteroatoms. The van der Waals surface area contributed by atoms with Crippen molar-refractivity contribution in [3.63, 3.8) is 0 Å². The maximum absolute atomic E-state index is 11.7. The highest BCUT2D eigenvalue weighted by atomic mass is 16.5. The number of hydrogen-bond acceptors (Lipinski definition) is 3. The predicted octanol–water partition coefficient (Wildman–Crippen LogP) is 1.50. The van der Waals surface area contributed by atoms with Gasteiger partial charge in [-0.2, -0.15) is 0 Å². The third-order valence-corrected chi connectivity index (χ3v) is 3.05. The number of aryl methyl sites for hydroxylation is 1. The Morgan fingerprint density at radius 2 is 1.90 bits per heavy atom. The number of carbonyl (C=O) groups is 2. The fraction of sp³-hybridized carbons (Fsp3) is 0.467. The lowest BCUT2D eigenvalue weighted by molar-refractivity contribution is -0.118. The van der Waals surface area contributed by atoms with E-state index in [0.29, 0.717) is 13.1 Å². The van der Waals surface area contributed by atoms with Crippen molar-refractivity contribution in [2.75, 3.05) is 20.2 Å². The molecule has 1 aromatic carbocycles. The maximum Gasteiger partial charge on any atom is 0.315 e. The molecule has 0 spiro atoms. The largest absolute Gasteiger partial charge is 0.496 e. The molecular weight excluding hydrogens is 270 g/mol. The number of nitrogens with one attached hydrogen (secondary N) is 3. The molecule has 0 saturated carbocycles. The SMILES string of the molecule is COc1ccc([C@H](C)NC(=O)NCCNC(C)=O)cc1C. The molecule has 0 aliphatic carbocycles. The Morgan fingerprint density at radius 1 is 1.24 bits per heavy atom. The first-order chi connectivity index (χ1) is 9.93. The highest BCUT2D eigenvalue weighted by Gasteiger charge is 2.10. The van der Waals surface area contributed by atoms with E-state index in [-0.39, 0.29) is 18.0 Å². The summed E-state index contributed by atoms with van der Waals surface area (Å²) in [7, 11) is 1.63. The Hall–Kier alpha value is -2.24. The minimum Gasteiger partial charge on any atom is -0.496 e. The zero-order valence-corrected chi connectivity index (χ0v) is 12.9. The standard InChI is InChI=1S/C15H23N3O3/c1-10-9-13(5-6-14(10)21-4)11(2)18-15(20)17-8-7-16-12(3)19/h5-6,9,11H,7-8H2,1-4H3,(H,16,19)(H2,17,18,20)/t11-/m0/s1. The second kappa shape index (κ2) is 8.14. The van der Waals surface area contributed by atoms with Gasteiger partial charge in [0.15, 0.2) is 0 Å². The van der Waals surface area contributed by atoms with Crippen molar-refractivity contribution in [1.82, 2.24) is 16.0 Å². The van der Waals surface area contributed by atoms with E-state index in [0.717, 1.165) is 16.9 Å². The molecule has 3 N–H and O–H groups in total. The van der Waals surface area contributed by atoms with Crippen LogP contribution in [0.25, 0.3) is 0 Å². The summed E-state index contributed by atoms with van der Waals surface area (Å²) >= 11 is 0. The van der Waals surface area contributed by atoms with Crippen LogP contribution in [0.15, 0.2) is 18.2 Å². The number of ether oxygens (including phenoxy) is 1. The lowest BCUT2D eigenvalue weighted by Gasteiger charge is -2.16. The van der Waals surface area contributed by atoms with Crippen LogP contribution in [0.5, 0.6) is 5.75 Å². The number of rotatable bonds is 6. The predicted molar refractivity (Wildman–Crippen MR) is 81.4 cm³/mol. The van der Waals surface area contributed by atoms with Gasteiger partial charge in [-0.15, -0.1) is 0 Å². The molecule has 0 fully saturated rings. The smallest absolute Gasteiger partial charge is 0.315 e. The Labute approximate surface area is 125 Å². The zero-order chi connectivity index (χ0) is 15.8. The van der Waals surface area contributed by atoms with Gasteiger partial charge >= 0.3 is 6.03 Å². The molecule has 1 rings (SSSR count). The first-order valence-electron chi connectivity index (χ1n) is 6.87. The van der Waals surface area contributed by atoms with Crippen molar-refractivity contribution in [3.8, 4) is 5.75 Å². The molecule has 3 amide bonds. The minimum atomic E-state index is -0.263. The summed E-state index contributed by atoms with van der Waals surface area (Å²) in [5.41, 5.74) is 2.03. The molecule has 1 aromatic rings. The fourth-order valence-corrected chi connectivity index (χ4v) is 1.92. The molecule has 0 unspecified atom stereocenters. The van der Waals surface area contributed by atoms with Crippen molar-refractivity contribution in [3.05, 3.63) is 29.3 Å². The summed E-state index contributed by atoms with van der Waals surface area (Å²) in [5.74, 6) is 0.713. The number of hydrogen-bond donors (Lipinski definition) is 3. The van der Waals surface area contributed by atoms with Gasteiger partial charge in [-0.3, -0.25) is 4.79 Å². The van der Waals surface area contributed by atoms with Crippen molar-refractivity contribution in [2.45, 2.75) is 26.8 Å². The average molecular weight is 293 g/mol. The van der Waals surface area contributed by atoms with Gasteiger partial charge < -0.3 is 20.7 Å². The molecule has 0 aliphatic rings. The monoisotopic (exact) mass is 293 g/mol. The van der Waals surface area contributed by atoms with Crippen LogP contribution in [0.1, 0.15) is 31.0 Å². The van der Waals surface area contributed by atoms with E-state index in [1.165, 1.54) is 6.92 Å². The van der Waals surface area contributed by atoms with E-state index in [1.807, 2.05) is 32.0 Å². The first-order valence-corrected chi connectivity index (χ1v) is 6.87. The first kappa shape index (κ1) is 16.8. The Bertz CT molecular complexity index is 503. The van der Waals surface area contributed by atoms with Crippen LogP contribution in [-0.2, 0) is 4.79 Å². The highest BCUT2D eigenvalue weighted by Crippen LogP contribution is 2.22. The molecular formula is C15H23N3O3. The van der Waals surface area contributed by atoms with E-state index in [1.54, 1.807) is 7.11 Å². The van der Waals surface area contributed by atoms with E-state index >= 15 is 0 Å². The average Bonchev–Trinajstić information content (AvgIpc) is 2.43. The third-order valence-electron chi connectivity index (χ3n) is 3.05. The van der Waals surface area contributed by atoms with Crippen LogP contribution in [-0.4, -0.2) is 32.1 Å². The van der Waals surface area contributed by atoms with Crippen molar-refractivity contribution in [2.24, 2.45) is 0 Å². The lowest BCUT2D eigenvalue weighted by Crippen LogP contribution is -2.40. The van der Waals surface area contributed by atoms with Gasteiger partial charge in [-0.25, -0.2) is 4.79 Å². The summed E-state index contributed by atoms with van der Waals surface area (Å²) in [5, 5.41) is 8.14. The zero-order valence-electron chi connectivity index (χ0n) is 12.9. The Morgan fingerprint density at radius 3 is 2.48 bits per heavy atom. The summed E-state index contributed by atoms with van der Waals surface area (Å²) in [6, 6.07) is 5.42. The van der Waals surface area contributed by atoms with Crippen molar-refractivity contribution >= 4 is 11.9 Å². The second-order valence-corrected chi connectivity index (χ2v) is 4.83. The topological polar surface area (TPSA) is 79.5 Å². The van der Waals surface area contributed by atoms with Crippen molar-refractivity contribution in [1.29, 1.82) is 0 Å². The molecule has 1 atom stereocenters. The quantitative estimate of drug-likeness (QED) is 0.695. The van der Waals surface area contributed by atoms with E-state index in [4.69, 9.17) is 4.74 Å². The number of benzene rings is 1. The van der Waals surface area contributed by atoms with Gasteiger partial charge in [-0.05, 0) is 31.0 Å². The summed E-state index contributed by atoms with van der Waals surface area (Å²) < 4.78 is 5.21. The molecule has 0 radical (unpaired) electrons.